The minimum Gasteiger partial charge on any atom is -0.496 e. The monoisotopic (exact) mass is 437 g/mol. The van der Waals surface area contributed by atoms with Crippen molar-refractivity contribution in [1.82, 2.24) is 20.4 Å². The van der Waals surface area contributed by atoms with E-state index < -0.39 is 0 Å². The van der Waals surface area contributed by atoms with E-state index in [9.17, 15) is 4.79 Å². The zero-order valence-corrected chi connectivity index (χ0v) is 19.2. The van der Waals surface area contributed by atoms with Gasteiger partial charge in [0.15, 0.2) is 0 Å². The van der Waals surface area contributed by atoms with Crippen molar-refractivity contribution in [2.75, 3.05) is 25.1 Å². The number of rotatable bonds is 7. The molecular formula is C24H31N5O3. The Kier molecular flexibility index (Phi) is 6.58. The van der Waals surface area contributed by atoms with E-state index in [0.717, 1.165) is 41.3 Å². The fourth-order valence-corrected chi connectivity index (χ4v) is 4.54. The van der Waals surface area contributed by atoms with E-state index in [1.807, 2.05) is 31.2 Å². The van der Waals surface area contributed by atoms with Gasteiger partial charge in [0.05, 0.1) is 12.8 Å². The molecule has 3 aromatic rings. The number of fused-ring (bicyclic) bond motifs is 1. The molecule has 1 amide bonds. The van der Waals surface area contributed by atoms with Crippen LogP contribution in [0, 0.1) is 18.8 Å². The molecule has 32 heavy (non-hydrogen) atoms. The van der Waals surface area contributed by atoms with E-state index in [0.29, 0.717) is 42.8 Å². The molecule has 2 aromatic heterocycles. The van der Waals surface area contributed by atoms with E-state index in [2.05, 4.69) is 34.2 Å². The first-order chi connectivity index (χ1) is 15.4. The Labute approximate surface area is 188 Å². The normalized spacial score (nSPS) is 18.7. The van der Waals surface area contributed by atoms with E-state index in [1.54, 1.807) is 7.11 Å². The van der Waals surface area contributed by atoms with Crippen molar-refractivity contribution in [3.8, 4) is 5.75 Å². The Hall–Kier alpha value is -3.16. The second kappa shape index (κ2) is 9.54. The number of para-hydroxylation sites is 1. The van der Waals surface area contributed by atoms with Crippen LogP contribution in [0.25, 0.3) is 11.1 Å². The molecule has 1 aliphatic rings. The Morgan fingerprint density at radius 3 is 2.72 bits per heavy atom. The summed E-state index contributed by atoms with van der Waals surface area (Å²) in [5.41, 5.74) is 2.22. The molecule has 8 nitrogen and oxygen atoms in total. The van der Waals surface area contributed by atoms with Gasteiger partial charge in [0.2, 0.25) is 5.91 Å². The molecule has 1 aromatic carbocycles. The summed E-state index contributed by atoms with van der Waals surface area (Å²) in [6, 6.07) is 7.66. The highest BCUT2D eigenvalue weighted by Gasteiger charge is 2.27. The van der Waals surface area contributed by atoms with Crippen LogP contribution < -0.4 is 15.0 Å². The Morgan fingerprint density at radius 2 is 1.97 bits per heavy atom. The van der Waals surface area contributed by atoms with E-state index in [1.165, 1.54) is 6.42 Å². The van der Waals surface area contributed by atoms with Crippen molar-refractivity contribution in [2.45, 2.75) is 46.6 Å². The SMILES string of the molecule is COc1ccccc1CNC(=O)CCc1nc(N2C[C@@H](C)C[C@H](C)C2)c2c(C)noc2n1. The molecule has 1 aliphatic heterocycles. The van der Waals surface area contributed by atoms with Crippen molar-refractivity contribution in [3.05, 3.63) is 41.3 Å². The van der Waals surface area contributed by atoms with Crippen LogP contribution in [0.5, 0.6) is 5.75 Å². The molecule has 0 bridgehead atoms. The predicted molar refractivity (Wildman–Crippen MR) is 123 cm³/mol. The number of nitrogens with zero attached hydrogens (tertiary/aromatic N) is 4. The number of hydrogen-bond acceptors (Lipinski definition) is 7. The molecule has 170 valence electrons. The summed E-state index contributed by atoms with van der Waals surface area (Å²) < 4.78 is 10.8. The van der Waals surface area contributed by atoms with Gasteiger partial charge in [-0.25, -0.2) is 4.98 Å². The molecular weight excluding hydrogens is 406 g/mol. The van der Waals surface area contributed by atoms with Crippen molar-refractivity contribution in [1.29, 1.82) is 0 Å². The van der Waals surface area contributed by atoms with Crippen LogP contribution in [0.3, 0.4) is 0 Å². The van der Waals surface area contributed by atoms with Gasteiger partial charge in [0.1, 0.15) is 22.8 Å². The zero-order chi connectivity index (χ0) is 22.7. The third-order valence-corrected chi connectivity index (χ3v) is 5.95. The summed E-state index contributed by atoms with van der Waals surface area (Å²) in [5.74, 6) is 3.35. The second-order valence-electron chi connectivity index (χ2n) is 8.85. The summed E-state index contributed by atoms with van der Waals surface area (Å²) in [7, 11) is 1.63. The van der Waals surface area contributed by atoms with Crippen LogP contribution >= 0.6 is 0 Å². The fraction of sp³-hybridized carbons (Fsp3) is 0.500. The molecule has 0 unspecified atom stereocenters. The second-order valence-corrected chi connectivity index (χ2v) is 8.85. The van der Waals surface area contributed by atoms with Gasteiger partial charge in [-0.15, -0.1) is 0 Å². The average Bonchev–Trinajstić information content (AvgIpc) is 3.16. The van der Waals surface area contributed by atoms with Crippen molar-refractivity contribution >= 4 is 22.8 Å². The van der Waals surface area contributed by atoms with Gasteiger partial charge in [-0.05, 0) is 31.2 Å². The van der Waals surface area contributed by atoms with E-state index in [4.69, 9.17) is 14.2 Å². The number of aromatic nitrogens is 3. The maximum absolute atomic E-state index is 12.5. The van der Waals surface area contributed by atoms with Crippen molar-refractivity contribution < 1.29 is 14.1 Å². The van der Waals surface area contributed by atoms with Gasteiger partial charge in [0.25, 0.3) is 5.71 Å². The van der Waals surface area contributed by atoms with Crippen LogP contribution in [0.15, 0.2) is 28.8 Å². The average molecular weight is 438 g/mol. The van der Waals surface area contributed by atoms with Gasteiger partial charge in [0, 0.05) is 38.0 Å². The number of carbonyl (C=O) groups excluding carboxylic acids is 1. The highest BCUT2D eigenvalue weighted by molar-refractivity contribution is 5.88. The van der Waals surface area contributed by atoms with Gasteiger partial charge in [-0.1, -0.05) is 37.2 Å². The van der Waals surface area contributed by atoms with Crippen LogP contribution in [-0.2, 0) is 17.8 Å². The number of ether oxygens (including phenoxy) is 1. The molecule has 8 heteroatoms. The largest absolute Gasteiger partial charge is 0.496 e. The molecule has 2 atom stereocenters. The first-order valence-corrected chi connectivity index (χ1v) is 11.2. The van der Waals surface area contributed by atoms with Crippen molar-refractivity contribution in [3.63, 3.8) is 0 Å². The summed E-state index contributed by atoms with van der Waals surface area (Å²) in [5, 5.41) is 7.93. The topological polar surface area (TPSA) is 93.4 Å². The van der Waals surface area contributed by atoms with Gasteiger partial charge >= 0.3 is 0 Å². The molecule has 3 heterocycles. The maximum Gasteiger partial charge on any atom is 0.263 e. The Balaban J connectivity index is 1.47. The quantitative estimate of drug-likeness (QED) is 0.603. The minimum absolute atomic E-state index is 0.0601. The third-order valence-electron chi connectivity index (χ3n) is 5.95. The molecule has 4 rings (SSSR count). The number of aryl methyl sites for hydroxylation is 2. The summed E-state index contributed by atoms with van der Waals surface area (Å²) in [6.45, 7) is 8.77. The fourth-order valence-electron chi connectivity index (χ4n) is 4.54. The number of piperidine rings is 1. The molecule has 1 saturated heterocycles. The lowest BCUT2D eigenvalue weighted by Gasteiger charge is -2.36. The third kappa shape index (κ3) is 4.84. The molecule has 0 spiro atoms. The van der Waals surface area contributed by atoms with Gasteiger partial charge in [-0.2, -0.15) is 4.98 Å². The zero-order valence-electron chi connectivity index (χ0n) is 19.2. The number of carbonyl (C=O) groups is 1. The van der Waals surface area contributed by atoms with Crippen LogP contribution in [0.2, 0.25) is 0 Å². The van der Waals surface area contributed by atoms with E-state index in [-0.39, 0.29) is 5.91 Å². The maximum atomic E-state index is 12.5. The first kappa shape index (κ1) is 22.0. The standard InChI is InChI=1S/C24H31N5O3/c1-15-11-16(2)14-29(13-15)23-22-17(3)28-32-24(22)27-20(26-23)9-10-21(30)25-12-18-7-5-6-8-19(18)31-4/h5-8,15-16H,9-14H2,1-4H3,(H,25,30)/t15-,16-/m0/s1. The van der Waals surface area contributed by atoms with E-state index >= 15 is 0 Å². The molecule has 1 fully saturated rings. The molecule has 0 radical (unpaired) electrons. The molecule has 1 N–H and O–H groups in total. The smallest absolute Gasteiger partial charge is 0.263 e. The van der Waals surface area contributed by atoms with Crippen LogP contribution in [0.4, 0.5) is 5.82 Å². The van der Waals surface area contributed by atoms with Gasteiger partial charge < -0.3 is 19.5 Å². The number of amides is 1. The van der Waals surface area contributed by atoms with Crippen molar-refractivity contribution in [2.24, 2.45) is 11.8 Å². The van der Waals surface area contributed by atoms with Gasteiger partial charge in [-0.3, -0.25) is 4.79 Å². The lowest BCUT2D eigenvalue weighted by Crippen LogP contribution is -2.39. The van der Waals surface area contributed by atoms with Crippen LogP contribution in [0.1, 0.15) is 43.8 Å². The molecule has 0 saturated carbocycles. The Bertz CT molecular complexity index is 1090. The summed E-state index contributed by atoms with van der Waals surface area (Å²) >= 11 is 0. The number of hydrogen-bond donors (Lipinski definition) is 1. The number of anilines is 1. The minimum atomic E-state index is -0.0601. The summed E-state index contributed by atoms with van der Waals surface area (Å²) in [4.78, 5) is 24.2. The van der Waals surface area contributed by atoms with Crippen LogP contribution in [-0.4, -0.2) is 41.2 Å². The lowest BCUT2D eigenvalue weighted by atomic mass is 9.92. The summed E-state index contributed by atoms with van der Waals surface area (Å²) in [6.07, 6.45) is 1.94. The highest BCUT2D eigenvalue weighted by atomic mass is 16.5. The number of methoxy groups -OCH3 is 1. The number of benzene rings is 1. The Morgan fingerprint density at radius 1 is 1.22 bits per heavy atom. The highest BCUT2D eigenvalue weighted by Crippen LogP contribution is 2.32. The number of nitrogens with one attached hydrogen (secondary N) is 1. The lowest BCUT2D eigenvalue weighted by molar-refractivity contribution is -0.121. The first-order valence-electron chi connectivity index (χ1n) is 11.2. The predicted octanol–water partition coefficient (Wildman–Crippen LogP) is 3.67. The molecule has 0 aliphatic carbocycles.